The Morgan fingerprint density at radius 2 is 1.62 bits per heavy atom. The quantitative estimate of drug-likeness (QED) is 0.756. The van der Waals surface area contributed by atoms with Crippen molar-refractivity contribution in [2.75, 3.05) is 5.73 Å². The molecule has 0 amide bonds. The first kappa shape index (κ1) is 15.1. The van der Waals surface area contributed by atoms with Crippen LogP contribution in [0, 0.1) is 0 Å². The van der Waals surface area contributed by atoms with Crippen LogP contribution in [0.1, 0.15) is 41.7 Å². The number of anilines is 1. The Kier molecular flexibility index (Phi) is 4.64. The topological polar surface area (TPSA) is 26.0 Å². The average molecular weight is 277 g/mol. The van der Waals surface area contributed by atoms with E-state index in [9.17, 15) is 0 Å². The van der Waals surface area contributed by atoms with Crippen LogP contribution in [0.2, 0.25) is 0 Å². The summed E-state index contributed by atoms with van der Waals surface area (Å²) in [4.78, 5) is 0. The highest BCUT2D eigenvalue weighted by molar-refractivity contribution is 5.85. The van der Waals surface area contributed by atoms with Crippen molar-refractivity contribution in [2.45, 2.75) is 26.7 Å². The maximum Gasteiger partial charge on any atom is 0.0396 e. The molecule has 0 unspecified atom stereocenters. The van der Waals surface area contributed by atoms with E-state index in [-0.39, 0.29) is 0 Å². The molecule has 0 aliphatic heterocycles. The van der Waals surface area contributed by atoms with Gasteiger partial charge in [-0.25, -0.2) is 0 Å². The Hall–Kier alpha value is -2.28. The molecule has 2 aromatic rings. The molecule has 2 aromatic carbocycles. The van der Waals surface area contributed by atoms with Gasteiger partial charge in [-0.3, -0.25) is 0 Å². The number of nitrogens with two attached hydrogens (primary N) is 1. The first-order chi connectivity index (χ1) is 10.1. The van der Waals surface area contributed by atoms with E-state index in [1.54, 1.807) is 0 Å². The summed E-state index contributed by atoms with van der Waals surface area (Å²) in [6.07, 6.45) is 3.86. The largest absolute Gasteiger partial charge is 0.398 e. The Labute approximate surface area is 127 Å². The zero-order chi connectivity index (χ0) is 15.4. The second kappa shape index (κ2) is 6.45. The predicted molar refractivity (Wildman–Crippen MR) is 94.3 cm³/mol. The fraction of sp³-hybridized carbons (Fsp3) is 0.200. The lowest BCUT2D eigenvalue weighted by atomic mass is 9.92. The molecule has 21 heavy (non-hydrogen) atoms. The van der Waals surface area contributed by atoms with Crippen LogP contribution in [0.3, 0.4) is 0 Å². The summed E-state index contributed by atoms with van der Waals surface area (Å²) in [5, 5.41) is 0. The number of aryl methyl sites for hydroxylation is 2. The number of hydrogen-bond acceptors (Lipinski definition) is 1. The highest BCUT2D eigenvalue weighted by Crippen LogP contribution is 2.30. The van der Waals surface area contributed by atoms with Crippen molar-refractivity contribution in [3.8, 4) is 0 Å². The van der Waals surface area contributed by atoms with Crippen molar-refractivity contribution in [3.05, 3.63) is 77.4 Å². The van der Waals surface area contributed by atoms with E-state index in [1.165, 1.54) is 11.1 Å². The molecular weight excluding hydrogens is 254 g/mol. The molecule has 0 aliphatic rings. The third-order valence-electron chi connectivity index (χ3n) is 3.95. The molecule has 1 heteroatoms. The van der Waals surface area contributed by atoms with E-state index in [4.69, 9.17) is 5.73 Å². The summed E-state index contributed by atoms with van der Waals surface area (Å²) in [6.45, 7) is 12.4. The molecule has 0 heterocycles. The van der Waals surface area contributed by atoms with Gasteiger partial charge in [-0.15, -0.1) is 0 Å². The lowest BCUT2D eigenvalue weighted by Crippen LogP contribution is -2.00. The normalized spacial score (nSPS) is 10.4. The summed E-state index contributed by atoms with van der Waals surface area (Å²) >= 11 is 0. The van der Waals surface area contributed by atoms with Crippen LogP contribution in [0.25, 0.3) is 11.6 Å². The second-order valence-electron chi connectivity index (χ2n) is 5.22. The number of benzene rings is 2. The van der Waals surface area contributed by atoms with Crippen molar-refractivity contribution in [1.29, 1.82) is 0 Å². The second-order valence-corrected chi connectivity index (χ2v) is 5.22. The molecule has 2 rings (SSSR count). The van der Waals surface area contributed by atoms with E-state index in [1.807, 2.05) is 18.2 Å². The Morgan fingerprint density at radius 3 is 2.14 bits per heavy atom. The molecule has 0 aliphatic carbocycles. The summed E-state index contributed by atoms with van der Waals surface area (Å²) < 4.78 is 0. The molecular formula is C20H23N. The minimum Gasteiger partial charge on any atom is -0.398 e. The Balaban J connectivity index is 2.44. The van der Waals surface area contributed by atoms with Crippen LogP contribution in [-0.4, -0.2) is 0 Å². The van der Waals surface area contributed by atoms with E-state index in [0.29, 0.717) is 0 Å². The molecule has 0 radical (unpaired) electrons. The third kappa shape index (κ3) is 3.08. The molecule has 0 saturated heterocycles. The lowest BCUT2D eigenvalue weighted by Gasteiger charge is -2.15. The Morgan fingerprint density at radius 1 is 1.05 bits per heavy atom. The van der Waals surface area contributed by atoms with Crippen molar-refractivity contribution in [3.63, 3.8) is 0 Å². The van der Waals surface area contributed by atoms with Gasteiger partial charge in [0.2, 0.25) is 0 Å². The Bertz CT molecular complexity index is 663. The van der Waals surface area contributed by atoms with Crippen molar-refractivity contribution in [1.82, 2.24) is 0 Å². The van der Waals surface area contributed by atoms with Crippen LogP contribution in [0.5, 0.6) is 0 Å². The van der Waals surface area contributed by atoms with Gasteiger partial charge in [0.25, 0.3) is 0 Å². The molecule has 0 saturated carbocycles. The fourth-order valence-corrected chi connectivity index (χ4v) is 2.60. The monoisotopic (exact) mass is 277 g/mol. The highest BCUT2D eigenvalue weighted by Gasteiger charge is 2.10. The third-order valence-corrected chi connectivity index (χ3v) is 3.95. The number of nitrogen functional groups attached to an aromatic ring is 1. The predicted octanol–water partition coefficient (Wildman–Crippen LogP) is 5.10. The van der Waals surface area contributed by atoms with E-state index >= 15 is 0 Å². The number of hydrogen-bond donors (Lipinski definition) is 1. The van der Waals surface area contributed by atoms with Crippen LogP contribution in [0.15, 0.2) is 49.6 Å². The maximum atomic E-state index is 6.24. The van der Waals surface area contributed by atoms with Crippen LogP contribution in [-0.2, 0) is 12.8 Å². The number of rotatable bonds is 5. The highest BCUT2D eigenvalue weighted by atomic mass is 14.6. The summed E-state index contributed by atoms with van der Waals surface area (Å²) in [6, 6.07) is 12.5. The van der Waals surface area contributed by atoms with Crippen molar-refractivity contribution < 1.29 is 0 Å². The molecule has 1 nitrogen and oxygen atoms in total. The van der Waals surface area contributed by atoms with E-state index < -0.39 is 0 Å². The van der Waals surface area contributed by atoms with Gasteiger partial charge in [-0.2, -0.15) is 0 Å². The first-order valence-electron chi connectivity index (χ1n) is 7.44. The summed E-state index contributed by atoms with van der Waals surface area (Å²) in [7, 11) is 0. The van der Waals surface area contributed by atoms with Crippen LogP contribution in [0.4, 0.5) is 5.69 Å². The van der Waals surface area contributed by atoms with Crippen LogP contribution >= 0.6 is 0 Å². The van der Waals surface area contributed by atoms with Gasteiger partial charge in [-0.05, 0) is 52.8 Å². The van der Waals surface area contributed by atoms with Gasteiger partial charge in [0, 0.05) is 11.3 Å². The van der Waals surface area contributed by atoms with Crippen molar-refractivity contribution >= 4 is 17.3 Å². The zero-order valence-corrected chi connectivity index (χ0v) is 12.9. The molecule has 0 bridgehead atoms. The van der Waals surface area contributed by atoms with E-state index in [2.05, 4.69) is 51.3 Å². The standard InChI is InChI=1S/C20H23N/c1-5-15-8-10-18(11-9-15)14(4)19-12-16(6-2)17(7-3)13-20(19)21/h5,8-13H,1,4,6-7,21H2,2-3H3. The molecule has 108 valence electrons. The minimum atomic E-state index is 0.807. The molecule has 0 atom stereocenters. The smallest absolute Gasteiger partial charge is 0.0396 e. The average Bonchev–Trinajstić information content (AvgIpc) is 2.54. The lowest BCUT2D eigenvalue weighted by molar-refractivity contribution is 1.04. The van der Waals surface area contributed by atoms with Gasteiger partial charge in [-0.1, -0.05) is 57.3 Å². The zero-order valence-electron chi connectivity index (χ0n) is 12.9. The summed E-state index contributed by atoms with van der Waals surface area (Å²) in [5.41, 5.74) is 13.9. The van der Waals surface area contributed by atoms with Gasteiger partial charge in [0.05, 0.1) is 0 Å². The fourth-order valence-electron chi connectivity index (χ4n) is 2.60. The van der Waals surface area contributed by atoms with E-state index in [0.717, 1.165) is 40.8 Å². The van der Waals surface area contributed by atoms with Gasteiger partial charge < -0.3 is 5.73 Å². The summed E-state index contributed by atoms with van der Waals surface area (Å²) in [5.74, 6) is 0. The van der Waals surface area contributed by atoms with Crippen LogP contribution < -0.4 is 5.73 Å². The first-order valence-corrected chi connectivity index (χ1v) is 7.44. The maximum absolute atomic E-state index is 6.24. The molecule has 2 N–H and O–H groups in total. The molecule has 0 aromatic heterocycles. The SMILES string of the molecule is C=Cc1ccc(C(=C)c2cc(CC)c(CC)cc2N)cc1. The van der Waals surface area contributed by atoms with Gasteiger partial charge >= 0.3 is 0 Å². The van der Waals surface area contributed by atoms with Gasteiger partial charge in [0.1, 0.15) is 0 Å². The van der Waals surface area contributed by atoms with Gasteiger partial charge in [0.15, 0.2) is 0 Å². The molecule has 0 fully saturated rings. The van der Waals surface area contributed by atoms with Crippen molar-refractivity contribution in [2.24, 2.45) is 0 Å². The molecule has 0 spiro atoms. The minimum absolute atomic E-state index is 0.807.